The summed E-state index contributed by atoms with van der Waals surface area (Å²) in [4.78, 5) is 4.05. The lowest BCUT2D eigenvalue weighted by Gasteiger charge is -2.07. The second-order valence-corrected chi connectivity index (χ2v) is 2.39. The Bertz CT molecular complexity index is 258. The Morgan fingerprint density at radius 2 is 2.31 bits per heavy atom. The van der Waals surface area contributed by atoms with Gasteiger partial charge >= 0.3 is 0 Å². The molecule has 13 heavy (non-hydrogen) atoms. The molecule has 0 aliphatic rings. The summed E-state index contributed by atoms with van der Waals surface area (Å²) in [6.07, 6.45) is 0. The van der Waals surface area contributed by atoms with Gasteiger partial charge in [-0.25, -0.2) is 4.98 Å². The first-order valence-corrected chi connectivity index (χ1v) is 3.65. The van der Waals surface area contributed by atoms with Crippen LogP contribution >= 0.6 is 12.4 Å². The third kappa shape index (κ3) is 3.18. The molecule has 0 saturated carbocycles. The van der Waals surface area contributed by atoms with E-state index in [1.165, 1.54) is 7.11 Å². The molecule has 1 aromatic heterocycles. The normalized spacial score (nSPS) is 11.6. The number of aliphatic hydroxyl groups excluding tert-OH is 1. The molecule has 0 bridgehead atoms. The van der Waals surface area contributed by atoms with Crippen LogP contribution < -0.4 is 10.5 Å². The molecule has 0 fully saturated rings. The van der Waals surface area contributed by atoms with Gasteiger partial charge in [0.2, 0.25) is 5.88 Å². The van der Waals surface area contributed by atoms with Gasteiger partial charge in [0.25, 0.3) is 0 Å². The lowest BCUT2D eigenvalue weighted by atomic mass is 10.2. The second-order valence-electron chi connectivity index (χ2n) is 2.39. The fourth-order valence-corrected chi connectivity index (χ4v) is 0.845. The van der Waals surface area contributed by atoms with Gasteiger partial charge in [0, 0.05) is 6.07 Å². The third-order valence-electron chi connectivity index (χ3n) is 1.53. The molecule has 0 spiro atoms. The van der Waals surface area contributed by atoms with Crippen molar-refractivity contribution in [2.24, 2.45) is 5.73 Å². The van der Waals surface area contributed by atoms with E-state index in [1.54, 1.807) is 18.2 Å². The van der Waals surface area contributed by atoms with Gasteiger partial charge < -0.3 is 15.6 Å². The van der Waals surface area contributed by atoms with E-state index in [4.69, 9.17) is 15.6 Å². The van der Waals surface area contributed by atoms with Gasteiger partial charge in [-0.05, 0) is 6.07 Å². The van der Waals surface area contributed by atoms with E-state index in [2.05, 4.69) is 4.98 Å². The zero-order valence-corrected chi connectivity index (χ0v) is 8.12. The smallest absolute Gasteiger partial charge is 0.213 e. The van der Waals surface area contributed by atoms with Crippen LogP contribution in [-0.4, -0.2) is 23.8 Å². The number of nitrogens with zero attached hydrogens (tertiary/aromatic N) is 1. The Labute approximate surface area is 83.1 Å². The van der Waals surface area contributed by atoms with E-state index in [0.29, 0.717) is 11.6 Å². The average molecular weight is 205 g/mol. The highest BCUT2D eigenvalue weighted by Gasteiger charge is 2.05. The molecule has 1 rings (SSSR count). The summed E-state index contributed by atoms with van der Waals surface area (Å²) >= 11 is 0. The van der Waals surface area contributed by atoms with Crippen molar-refractivity contribution in [1.82, 2.24) is 4.98 Å². The Balaban J connectivity index is 0.00000144. The second kappa shape index (κ2) is 5.75. The van der Waals surface area contributed by atoms with E-state index >= 15 is 0 Å². The number of rotatable bonds is 3. The van der Waals surface area contributed by atoms with Crippen LogP contribution in [0.5, 0.6) is 5.88 Å². The minimum absolute atomic E-state index is 0. The lowest BCUT2D eigenvalue weighted by Crippen LogP contribution is -2.16. The van der Waals surface area contributed by atoms with Gasteiger partial charge in [-0.3, -0.25) is 0 Å². The molecule has 1 aromatic rings. The molecule has 74 valence electrons. The van der Waals surface area contributed by atoms with Crippen molar-refractivity contribution < 1.29 is 9.84 Å². The van der Waals surface area contributed by atoms with E-state index in [1.807, 2.05) is 0 Å². The summed E-state index contributed by atoms with van der Waals surface area (Å²) in [6.45, 7) is -0.111. The first kappa shape index (κ1) is 12.2. The minimum atomic E-state index is -0.430. The van der Waals surface area contributed by atoms with Gasteiger partial charge in [0.1, 0.15) is 0 Å². The van der Waals surface area contributed by atoms with Crippen LogP contribution in [0.15, 0.2) is 18.2 Å². The predicted molar refractivity (Wildman–Crippen MR) is 52.1 cm³/mol. The number of hydrogen-bond acceptors (Lipinski definition) is 4. The van der Waals surface area contributed by atoms with Crippen molar-refractivity contribution in [1.29, 1.82) is 0 Å². The number of pyridine rings is 1. The van der Waals surface area contributed by atoms with E-state index in [0.717, 1.165) is 0 Å². The third-order valence-corrected chi connectivity index (χ3v) is 1.53. The van der Waals surface area contributed by atoms with Crippen molar-refractivity contribution in [2.45, 2.75) is 6.04 Å². The minimum Gasteiger partial charge on any atom is -0.481 e. The number of nitrogens with two attached hydrogens (primary N) is 1. The molecule has 0 aliphatic carbocycles. The molecule has 0 saturated heterocycles. The average Bonchev–Trinajstić information content (AvgIpc) is 2.17. The number of aliphatic hydroxyl groups is 1. The van der Waals surface area contributed by atoms with Crippen LogP contribution in [0, 0.1) is 0 Å². The summed E-state index contributed by atoms with van der Waals surface area (Å²) in [7, 11) is 1.54. The molecule has 0 unspecified atom stereocenters. The first-order valence-electron chi connectivity index (χ1n) is 3.65. The number of halogens is 1. The van der Waals surface area contributed by atoms with Crippen LogP contribution in [-0.2, 0) is 0 Å². The van der Waals surface area contributed by atoms with Crippen LogP contribution in [0.4, 0.5) is 0 Å². The number of aromatic nitrogens is 1. The number of ether oxygens (including phenoxy) is 1. The fourth-order valence-electron chi connectivity index (χ4n) is 0.845. The molecule has 1 atom stereocenters. The predicted octanol–water partition coefficient (Wildman–Crippen LogP) is 0.504. The van der Waals surface area contributed by atoms with Crippen LogP contribution in [0.1, 0.15) is 11.7 Å². The van der Waals surface area contributed by atoms with Gasteiger partial charge in [0.05, 0.1) is 25.5 Å². The Kier molecular flexibility index (Phi) is 5.37. The Morgan fingerprint density at radius 1 is 1.62 bits per heavy atom. The van der Waals surface area contributed by atoms with Crippen molar-refractivity contribution in [3.05, 3.63) is 23.9 Å². The fraction of sp³-hybridized carbons (Fsp3) is 0.375. The largest absolute Gasteiger partial charge is 0.481 e. The van der Waals surface area contributed by atoms with Gasteiger partial charge in [-0.1, -0.05) is 6.07 Å². The summed E-state index contributed by atoms with van der Waals surface area (Å²) in [5, 5.41) is 8.75. The van der Waals surface area contributed by atoms with Gasteiger partial charge in [0.15, 0.2) is 0 Å². The molecule has 0 radical (unpaired) electrons. The highest BCUT2D eigenvalue weighted by Crippen LogP contribution is 2.11. The van der Waals surface area contributed by atoms with Crippen molar-refractivity contribution >= 4 is 12.4 Å². The summed E-state index contributed by atoms with van der Waals surface area (Å²) < 4.78 is 4.90. The quantitative estimate of drug-likeness (QED) is 0.753. The summed E-state index contributed by atoms with van der Waals surface area (Å²) in [6, 6.07) is 4.84. The van der Waals surface area contributed by atoms with E-state index in [9.17, 15) is 0 Å². The van der Waals surface area contributed by atoms with Crippen molar-refractivity contribution in [2.75, 3.05) is 13.7 Å². The standard InChI is InChI=1S/C8H12N2O2.ClH/c1-12-8-4-2-3-7(10-8)6(9)5-11;/h2-4,6,11H,5,9H2,1H3;1H/t6-;/m1./s1. The lowest BCUT2D eigenvalue weighted by molar-refractivity contribution is 0.265. The molecular formula is C8H13ClN2O2. The molecular weight excluding hydrogens is 192 g/mol. The zero-order valence-electron chi connectivity index (χ0n) is 7.30. The van der Waals surface area contributed by atoms with Crippen molar-refractivity contribution in [3.63, 3.8) is 0 Å². The number of hydrogen-bond donors (Lipinski definition) is 2. The molecule has 4 nitrogen and oxygen atoms in total. The van der Waals surface area contributed by atoms with Crippen LogP contribution in [0.25, 0.3) is 0 Å². The molecule has 1 heterocycles. The zero-order chi connectivity index (χ0) is 8.97. The molecule has 3 N–H and O–H groups in total. The maximum absolute atomic E-state index is 8.75. The topological polar surface area (TPSA) is 68.4 Å². The van der Waals surface area contributed by atoms with E-state index in [-0.39, 0.29) is 19.0 Å². The Morgan fingerprint density at radius 3 is 2.85 bits per heavy atom. The highest BCUT2D eigenvalue weighted by molar-refractivity contribution is 5.85. The summed E-state index contributed by atoms with van der Waals surface area (Å²) in [5.74, 6) is 0.511. The molecule has 0 aliphatic heterocycles. The first-order chi connectivity index (χ1) is 5.77. The molecule has 0 aromatic carbocycles. The highest BCUT2D eigenvalue weighted by atomic mass is 35.5. The Hall–Kier alpha value is -0.840. The van der Waals surface area contributed by atoms with Crippen LogP contribution in [0.2, 0.25) is 0 Å². The maximum atomic E-state index is 8.75. The monoisotopic (exact) mass is 204 g/mol. The number of methoxy groups -OCH3 is 1. The SMILES string of the molecule is COc1cccc([C@H](N)CO)n1.Cl. The van der Waals surface area contributed by atoms with Crippen LogP contribution in [0.3, 0.4) is 0 Å². The van der Waals surface area contributed by atoms with Gasteiger partial charge in [-0.2, -0.15) is 0 Å². The summed E-state index contributed by atoms with van der Waals surface area (Å²) in [5.41, 5.74) is 6.19. The van der Waals surface area contributed by atoms with Crippen molar-refractivity contribution in [3.8, 4) is 5.88 Å². The molecule has 5 heteroatoms. The van der Waals surface area contributed by atoms with E-state index < -0.39 is 6.04 Å². The molecule has 0 amide bonds. The maximum Gasteiger partial charge on any atom is 0.213 e. The van der Waals surface area contributed by atoms with Gasteiger partial charge in [-0.15, -0.1) is 12.4 Å².